The summed E-state index contributed by atoms with van der Waals surface area (Å²) in [6, 6.07) is 7.61. The standard InChI is InChI=1S/C17H17N3O3S/c1-4-9-20-15(21)14-13(11-7-5-6-8-12(11)18-14)19-17(20)24-10(2)16(22)23-3/h4-8,10,18H,1,9H2,2-3H3. The van der Waals surface area contributed by atoms with Crippen molar-refractivity contribution in [1.29, 1.82) is 0 Å². The summed E-state index contributed by atoms with van der Waals surface area (Å²) in [7, 11) is 1.34. The molecule has 6 nitrogen and oxygen atoms in total. The van der Waals surface area contributed by atoms with E-state index in [0.29, 0.717) is 22.7 Å². The van der Waals surface area contributed by atoms with Crippen LogP contribution in [0.1, 0.15) is 6.92 Å². The molecule has 1 unspecified atom stereocenters. The van der Waals surface area contributed by atoms with Gasteiger partial charge in [-0.25, -0.2) is 4.98 Å². The topological polar surface area (TPSA) is 77.0 Å². The molecule has 0 aliphatic heterocycles. The Morgan fingerprint density at radius 2 is 2.25 bits per heavy atom. The van der Waals surface area contributed by atoms with Crippen molar-refractivity contribution in [3.63, 3.8) is 0 Å². The second kappa shape index (κ2) is 6.52. The molecule has 1 N–H and O–H groups in total. The molecule has 2 aromatic heterocycles. The van der Waals surface area contributed by atoms with E-state index in [2.05, 4.69) is 16.5 Å². The number of hydrogen-bond donors (Lipinski definition) is 1. The van der Waals surface area contributed by atoms with E-state index < -0.39 is 5.25 Å². The van der Waals surface area contributed by atoms with E-state index >= 15 is 0 Å². The van der Waals surface area contributed by atoms with E-state index in [4.69, 9.17) is 4.74 Å². The first-order valence-corrected chi connectivity index (χ1v) is 8.31. The first-order valence-electron chi connectivity index (χ1n) is 7.43. The summed E-state index contributed by atoms with van der Waals surface area (Å²) in [6.07, 6.45) is 1.63. The molecule has 1 aromatic carbocycles. The number of methoxy groups -OCH3 is 1. The third kappa shape index (κ3) is 2.71. The maximum absolute atomic E-state index is 12.8. The largest absolute Gasteiger partial charge is 0.468 e. The van der Waals surface area contributed by atoms with E-state index in [-0.39, 0.29) is 11.5 Å². The lowest BCUT2D eigenvalue weighted by Crippen LogP contribution is -2.24. The Hall–Kier alpha value is -2.54. The first kappa shape index (κ1) is 16.3. The van der Waals surface area contributed by atoms with Crippen molar-refractivity contribution < 1.29 is 9.53 Å². The number of esters is 1. The van der Waals surface area contributed by atoms with Crippen LogP contribution in [0.3, 0.4) is 0 Å². The molecule has 0 amide bonds. The second-order valence-electron chi connectivity index (χ2n) is 5.28. The summed E-state index contributed by atoms with van der Waals surface area (Å²) in [6.45, 7) is 5.73. The lowest BCUT2D eigenvalue weighted by atomic mass is 10.2. The molecule has 0 spiro atoms. The number of carbonyl (C=O) groups is 1. The summed E-state index contributed by atoms with van der Waals surface area (Å²) in [5.41, 5.74) is 1.73. The first-order chi connectivity index (χ1) is 11.6. The van der Waals surface area contributed by atoms with Crippen LogP contribution in [0.15, 0.2) is 46.9 Å². The Labute approximate surface area is 142 Å². The fraction of sp³-hybridized carbons (Fsp3) is 0.235. The van der Waals surface area contributed by atoms with Crippen LogP contribution in [0.2, 0.25) is 0 Å². The van der Waals surface area contributed by atoms with Crippen molar-refractivity contribution in [3.05, 3.63) is 47.3 Å². The zero-order valence-corrected chi connectivity index (χ0v) is 14.2. The van der Waals surface area contributed by atoms with Gasteiger partial charge in [-0.1, -0.05) is 36.0 Å². The number of fused-ring (bicyclic) bond motifs is 3. The molecule has 0 aliphatic rings. The molecule has 0 bridgehead atoms. The Kier molecular flexibility index (Phi) is 4.44. The van der Waals surface area contributed by atoms with Crippen molar-refractivity contribution in [2.45, 2.75) is 23.9 Å². The highest BCUT2D eigenvalue weighted by atomic mass is 32.2. The van der Waals surface area contributed by atoms with E-state index in [9.17, 15) is 9.59 Å². The fourth-order valence-electron chi connectivity index (χ4n) is 2.53. The molecule has 7 heteroatoms. The third-order valence-corrected chi connectivity index (χ3v) is 4.77. The average Bonchev–Trinajstić information content (AvgIpc) is 2.96. The molecule has 0 saturated carbocycles. The maximum atomic E-state index is 12.8. The van der Waals surface area contributed by atoms with Gasteiger partial charge < -0.3 is 9.72 Å². The van der Waals surface area contributed by atoms with Crippen molar-refractivity contribution in [2.75, 3.05) is 7.11 Å². The number of carbonyl (C=O) groups excluding carboxylic acids is 1. The van der Waals surface area contributed by atoms with Gasteiger partial charge in [0.05, 0.1) is 7.11 Å². The second-order valence-corrected chi connectivity index (χ2v) is 6.58. The quantitative estimate of drug-likeness (QED) is 0.334. The fourth-order valence-corrected chi connectivity index (χ4v) is 3.47. The molecule has 124 valence electrons. The van der Waals surface area contributed by atoms with Crippen molar-refractivity contribution in [3.8, 4) is 0 Å². The highest BCUT2D eigenvalue weighted by Gasteiger charge is 2.20. The molecule has 0 saturated heterocycles. The number of rotatable bonds is 5. The van der Waals surface area contributed by atoms with Gasteiger partial charge in [-0.05, 0) is 13.0 Å². The van der Waals surface area contributed by atoms with Crippen molar-refractivity contribution in [2.24, 2.45) is 0 Å². The summed E-state index contributed by atoms with van der Waals surface area (Å²) in [5, 5.41) is 0.874. The van der Waals surface area contributed by atoms with Gasteiger partial charge in [0.1, 0.15) is 16.3 Å². The number of thioether (sulfide) groups is 1. The third-order valence-electron chi connectivity index (χ3n) is 3.70. The van der Waals surface area contributed by atoms with Gasteiger partial charge in [-0.3, -0.25) is 14.2 Å². The zero-order chi connectivity index (χ0) is 17.3. The molecule has 1 atom stereocenters. The molecular formula is C17H17N3O3S. The zero-order valence-electron chi connectivity index (χ0n) is 13.4. The van der Waals surface area contributed by atoms with Crippen molar-refractivity contribution >= 4 is 39.7 Å². The van der Waals surface area contributed by atoms with Gasteiger partial charge in [-0.2, -0.15) is 0 Å². The maximum Gasteiger partial charge on any atom is 0.318 e. The molecule has 24 heavy (non-hydrogen) atoms. The van der Waals surface area contributed by atoms with Gasteiger partial charge in [-0.15, -0.1) is 6.58 Å². The van der Waals surface area contributed by atoms with Crippen LogP contribution in [0.5, 0.6) is 0 Å². The molecule has 0 aliphatic carbocycles. The SMILES string of the molecule is C=CCn1c(SC(C)C(=O)OC)nc2c([nH]c3ccccc32)c1=O. The summed E-state index contributed by atoms with van der Waals surface area (Å²) in [5.74, 6) is -0.363. The number of nitrogens with zero attached hydrogens (tertiary/aromatic N) is 2. The molecule has 0 fully saturated rings. The predicted molar refractivity (Wildman–Crippen MR) is 95.4 cm³/mol. The summed E-state index contributed by atoms with van der Waals surface area (Å²) in [4.78, 5) is 32.3. The Bertz CT molecular complexity index is 990. The van der Waals surface area contributed by atoms with E-state index in [1.54, 1.807) is 13.0 Å². The van der Waals surface area contributed by atoms with Crippen LogP contribution < -0.4 is 5.56 Å². The highest BCUT2D eigenvalue weighted by Crippen LogP contribution is 2.26. The lowest BCUT2D eigenvalue weighted by molar-refractivity contribution is -0.139. The predicted octanol–water partition coefficient (Wildman–Crippen LogP) is 2.72. The van der Waals surface area contributed by atoms with Gasteiger partial charge in [0.25, 0.3) is 5.56 Å². The normalized spacial score (nSPS) is 12.4. The van der Waals surface area contributed by atoms with E-state index in [0.717, 1.165) is 10.9 Å². The number of aromatic nitrogens is 3. The number of ether oxygens (including phenoxy) is 1. The number of nitrogens with one attached hydrogen (secondary N) is 1. The van der Waals surface area contributed by atoms with Gasteiger partial charge in [0, 0.05) is 17.4 Å². The number of para-hydroxylation sites is 1. The number of H-pyrrole nitrogens is 1. The molecule has 0 radical (unpaired) electrons. The summed E-state index contributed by atoms with van der Waals surface area (Å²) < 4.78 is 6.26. The Balaban J connectivity index is 2.24. The molecule has 2 heterocycles. The van der Waals surface area contributed by atoms with E-state index in [1.807, 2.05) is 24.3 Å². The number of aromatic amines is 1. The molecular weight excluding hydrogens is 326 g/mol. The Morgan fingerprint density at radius 1 is 1.50 bits per heavy atom. The van der Waals surface area contributed by atoms with Crippen LogP contribution >= 0.6 is 11.8 Å². The molecule has 3 aromatic rings. The minimum absolute atomic E-state index is 0.185. The van der Waals surface area contributed by atoms with Crippen LogP contribution in [0.25, 0.3) is 21.9 Å². The van der Waals surface area contributed by atoms with Crippen molar-refractivity contribution in [1.82, 2.24) is 14.5 Å². The number of hydrogen-bond acceptors (Lipinski definition) is 5. The van der Waals surface area contributed by atoms with Gasteiger partial charge in [0.2, 0.25) is 0 Å². The Morgan fingerprint density at radius 3 is 2.96 bits per heavy atom. The van der Waals surface area contributed by atoms with Gasteiger partial charge in [0.15, 0.2) is 5.16 Å². The monoisotopic (exact) mass is 343 g/mol. The van der Waals surface area contributed by atoms with Gasteiger partial charge >= 0.3 is 5.97 Å². The lowest BCUT2D eigenvalue weighted by Gasteiger charge is -2.13. The van der Waals surface area contributed by atoms with Crippen LogP contribution in [-0.4, -0.2) is 32.9 Å². The minimum Gasteiger partial charge on any atom is -0.468 e. The van der Waals surface area contributed by atoms with Crippen LogP contribution in [-0.2, 0) is 16.1 Å². The molecule has 3 rings (SSSR count). The summed E-state index contributed by atoms with van der Waals surface area (Å²) >= 11 is 1.20. The average molecular weight is 343 g/mol. The van der Waals surface area contributed by atoms with Crippen LogP contribution in [0.4, 0.5) is 0 Å². The smallest absolute Gasteiger partial charge is 0.318 e. The number of benzene rings is 1. The number of allylic oxidation sites excluding steroid dienone is 1. The van der Waals surface area contributed by atoms with Crippen LogP contribution in [0, 0.1) is 0 Å². The minimum atomic E-state index is -0.472. The highest BCUT2D eigenvalue weighted by molar-refractivity contribution is 8.00. The van der Waals surface area contributed by atoms with E-state index in [1.165, 1.54) is 23.4 Å².